The fraction of sp³-hybridized carbons (Fsp3) is 0.312. The molecule has 2 N–H and O–H groups in total. The summed E-state index contributed by atoms with van der Waals surface area (Å²) in [6.07, 6.45) is 2.60. The number of rotatable bonds is 6. The predicted octanol–water partition coefficient (Wildman–Crippen LogP) is 3.08. The Morgan fingerprint density at radius 1 is 1.10 bits per heavy atom. The Morgan fingerprint density at radius 3 is 2.35 bits per heavy atom. The molecule has 0 aliphatic carbocycles. The molecule has 1 heterocycles. The zero-order valence-corrected chi connectivity index (χ0v) is 11.9. The topological polar surface area (TPSA) is 57.4 Å². The Balaban J connectivity index is 1.98. The molecule has 1 unspecified atom stereocenters. The van der Waals surface area contributed by atoms with Crippen molar-refractivity contribution < 1.29 is 9.47 Å². The summed E-state index contributed by atoms with van der Waals surface area (Å²) in [6.45, 7) is 2.63. The minimum atomic E-state index is -0.0656. The summed E-state index contributed by atoms with van der Waals surface area (Å²) in [5.41, 5.74) is 7.84. The highest BCUT2D eigenvalue weighted by molar-refractivity contribution is 5.32. The van der Waals surface area contributed by atoms with Crippen LogP contribution in [-0.2, 0) is 11.2 Å². The summed E-state index contributed by atoms with van der Waals surface area (Å²) in [6, 6.07) is 11.7. The van der Waals surface area contributed by atoms with Gasteiger partial charge in [-0.3, -0.25) is 4.98 Å². The van der Waals surface area contributed by atoms with Crippen LogP contribution >= 0.6 is 0 Å². The highest BCUT2D eigenvalue weighted by Crippen LogP contribution is 2.22. The third kappa shape index (κ3) is 4.05. The molecular weight excluding hydrogens is 252 g/mol. The number of hydrogen-bond acceptors (Lipinski definition) is 4. The standard InChI is InChI=1S/C16H20N2O2/c1-12(17)16-8-7-15(11-18-16)20-14-5-3-13(4-6-14)9-10-19-2/h3-8,11-12H,9-10,17H2,1-2H3. The molecule has 1 aromatic carbocycles. The quantitative estimate of drug-likeness (QED) is 0.878. The Kier molecular flexibility index (Phi) is 5.09. The summed E-state index contributed by atoms with van der Waals surface area (Å²) < 4.78 is 10.8. The van der Waals surface area contributed by atoms with Crippen LogP contribution in [0.4, 0.5) is 0 Å². The first-order valence-corrected chi connectivity index (χ1v) is 6.66. The van der Waals surface area contributed by atoms with Gasteiger partial charge in [-0.2, -0.15) is 0 Å². The molecule has 0 amide bonds. The first kappa shape index (κ1) is 14.5. The van der Waals surface area contributed by atoms with E-state index in [2.05, 4.69) is 4.98 Å². The van der Waals surface area contributed by atoms with E-state index >= 15 is 0 Å². The van der Waals surface area contributed by atoms with E-state index in [4.69, 9.17) is 15.2 Å². The van der Waals surface area contributed by atoms with E-state index < -0.39 is 0 Å². The van der Waals surface area contributed by atoms with E-state index in [9.17, 15) is 0 Å². The molecule has 106 valence electrons. The maximum atomic E-state index is 5.76. The molecule has 1 atom stereocenters. The zero-order valence-electron chi connectivity index (χ0n) is 11.9. The predicted molar refractivity (Wildman–Crippen MR) is 78.9 cm³/mol. The Labute approximate surface area is 119 Å². The molecule has 4 heteroatoms. The second-order valence-corrected chi connectivity index (χ2v) is 4.70. The van der Waals surface area contributed by atoms with E-state index in [0.717, 1.165) is 24.5 Å². The SMILES string of the molecule is COCCc1ccc(Oc2ccc(C(C)N)nc2)cc1. The van der Waals surface area contributed by atoms with E-state index in [1.807, 2.05) is 43.3 Å². The maximum absolute atomic E-state index is 5.76. The third-order valence-electron chi connectivity index (χ3n) is 2.98. The van der Waals surface area contributed by atoms with E-state index in [0.29, 0.717) is 5.75 Å². The van der Waals surface area contributed by atoms with Crippen molar-refractivity contribution in [3.63, 3.8) is 0 Å². The first-order valence-electron chi connectivity index (χ1n) is 6.66. The fourth-order valence-corrected chi connectivity index (χ4v) is 1.80. The summed E-state index contributed by atoms with van der Waals surface area (Å²) in [5, 5.41) is 0. The second kappa shape index (κ2) is 7.03. The molecule has 0 fully saturated rings. The van der Waals surface area contributed by atoms with Gasteiger partial charge in [-0.1, -0.05) is 12.1 Å². The van der Waals surface area contributed by atoms with E-state index in [-0.39, 0.29) is 6.04 Å². The van der Waals surface area contributed by atoms with Gasteiger partial charge in [-0.05, 0) is 43.2 Å². The molecule has 0 aliphatic heterocycles. The molecule has 4 nitrogen and oxygen atoms in total. The average Bonchev–Trinajstić information content (AvgIpc) is 2.47. The van der Waals surface area contributed by atoms with Crippen molar-refractivity contribution in [2.45, 2.75) is 19.4 Å². The third-order valence-corrected chi connectivity index (χ3v) is 2.98. The van der Waals surface area contributed by atoms with Gasteiger partial charge in [0, 0.05) is 13.2 Å². The van der Waals surface area contributed by atoms with Crippen LogP contribution in [-0.4, -0.2) is 18.7 Å². The molecule has 2 aromatic rings. The van der Waals surface area contributed by atoms with Crippen LogP contribution in [0.1, 0.15) is 24.2 Å². The van der Waals surface area contributed by atoms with Crippen LogP contribution in [0.5, 0.6) is 11.5 Å². The van der Waals surface area contributed by atoms with Crippen LogP contribution in [0.15, 0.2) is 42.6 Å². The van der Waals surface area contributed by atoms with Crippen LogP contribution in [0.3, 0.4) is 0 Å². The number of pyridine rings is 1. The molecule has 0 spiro atoms. The zero-order chi connectivity index (χ0) is 14.4. The number of benzene rings is 1. The number of aromatic nitrogens is 1. The van der Waals surface area contributed by atoms with Gasteiger partial charge in [0.1, 0.15) is 11.5 Å². The lowest BCUT2D eigenvalue weighted by Gasteiger charge is -2.08. The highest BCUT2D eigenvalue weighted by atomic mass is 16.5. The van der Waals surface area contributed by atoms with E-state index in [1.165, 1.54) is 5.56 Å². The fourth-order valence-electron chi connectivity index (χ4n) is 1.80. The summed E-state index contributed by atoms with van der Waals surface area (Å²) in [5.74, 6) is 1.50. The van der Waals surface area contributed by atoms with Crippen molar-refractivity contribution >= 4 is 0 Å². The Morgan fingerprint density at radius 2 is 1.80 bits per heavy atom. The number of hydrogen-bond donors (Lipinski definition) is 1. The van der Waals surface area contributed by atoms with Crippen molar-refractivity contribution in [1.82, 2.24) is 4.98 Å². The first-order chi connectivity index (χ1) is 9.69. The van der Waals surface area contributed by atoms with Crippen LogP contribution in [0.25, 0.3) is 0 Å². The van der Waals surface area contributed by atoms with Gasteiger partial charge in [-0.25, -0.2) is 0 Å². The van der Waals surface area contributed by atoms with Gasteiger partial charge in [0.15, 0.2) is 0 Å². The van der Waals surface area contributed by atoms with Crippen molar-refractivity contribution in [3.05, 3.63) is 53.9 Å². The van der Waals surface area contributed by atoms with Crippen molar-refractivity contribution in [2.75, 3.05) is 13.7 Å². The lowest BCUT2D eigenvalue weighted by molar-refractivity contribution is 0.202. The number of nitrogens with zero attached hydrogens (tertiary/aromatic N) is 1. The van der Waals surface area contributed by atoms with Gasteiger partial charge >= 0.3 is 0 Å². The van der Waals surface area contributed by atoms with Crippen LogP contribution in [0.2, 0.25) is 0 Å². The largest absolute Gasteiger partial charge is 0.456 e. The molecular formula is C16H20N2O2. The molecule has 0 radical (unpaired) electrons. The van der Waals surface area contributed by atoms with E-state index in [1.54, 1.807) is 13.3 Å². The summed E-state index contributed by atoms with van der Waals surface area (Å²) in [7, 11) is 1.70. The minimum absolute atomic E-state index is 0.0656. The number of ether oxygens (including phenoxy) is 2. The normalized spacial score (nSPS) is 12.2. The monoisotopic (exact) mass is 272 g/mol. The molecule has 0 saturated carbocycles. The van der Waals surface area contributed by atoms with Gasteiger partial charge in [-0.15, -0.1) is 0 Å². The maximum Gasteiger partial charge on any atom is 0.145 e. The summed E-state index contributed by atoms with van der Waals surface area (Å²) in [4.78, 5) is 4.27. The minimum Gasteiger partial charge on any atom is -0.456 e. The van der Waals surface area contributed by atoms with Gasteiger partial charge in [0.2, 0.25) is 0 Å². The molecule has 2 rings (SSSR count). The second-order valence-electron chi connectivity index (χ2n) is 4.70. The molecule has 0 bridgehead atoms. The van der Waals surface area contributed by atoms with Crippen LogP contribution < -0.4 is 10.5 Å². The number of methoxy groups -OCH3 is 1. The lowest BCUT2D eigenvalue weighted by atomic mass is 10.1. The van der Waals surface area contributed by atoms with Gasteiger partial charge in [0.05, 0.1) is 18.5 Å². The summed E-state index contributed by atoms with van der Waals surface area (Å²) >= 11 is 0. The van der Waals surface area contributed by atoms with Crippen LogP contribution in [0, 0.1) is 0 Å². The smallest absolute Gasteiger partial charge is 0.145 e. The molecule has 20 heavy (non-hydrogen) atoms. The van der Waals surface area contributed by atoms with Crippen molar-refractivity contribution in [3.8, 4) is 11.5 Å². The van der Waals surface area contributed by atoms with Gasteiger partial charge < -0.3 is 15.2 Å². The molecule has 1 aromatic heterocycles. The van der Waals surface area contributed by atoms with Gasteiger partial charge in [0.25, 0.3) is 0 Å². The Bertz CT molecular complexity index is 521. The molecule has 0 aliphatic rings. The van der Waals surface area contributed by atoms with Crippen molar-refractivity contribution in [2.24, 2.45) is 5.73 Å². The lowest BCUT2D eigenvalue weighted by Crippen LogP contribution is -2.06. The van der Waals surface area contributed by atoms with Crippen molar-refractivity contribution in [1.29, 1.82) is 0 Å². The number of nitrogens with two attached hydrogens (primary N) is 1. The molecule has 0 saturated heterocycles. The Hall–Kier alpha value is -1.91. The highest BCUT2D eigenvalue weighted by Gasteiger charge is 2.02. The average molecular weight is 272 g/mol.